The molecule has 1 aromatic rings. The molecule has 2 aliphatic rings. The van der Waals surface area contributed by atoms with Crippen LogP contribution in [0.4, 0.5) is 0 Å². The summed E-state index contributed by atoms with van der Waals surface area (Å²) < 4.78 is 33.3. The predicted molar refractivity (Wildman–Crippen MR) is 91.7 cm³/mol. The summed E-state index contributed by atoms with van der Waals surface area (Å²) in [5.74, 6) is 0.919. The zero-order valence-electron chi connectivity index (χ0n) is 13.6. The Labute approximate surface area is 139 Å². The molecule has 1 heterocycles. The van der Waals surface area contributed by atoms with Gasteiger partial charge in [0.15, 0.2) is 0 Å². The largest absolute Gasteiger partial charge is 0.381 e. The van der Waals surface area contributed by atoms with Crippen molar-refractivity contribution in [3.05, 3.63) is 35.9 Å². The van der Waals surface area contributed by atoms with Crippen LogP contribution < -0.4 is 4.72 Å². The van der Waals surface area contributed by atoms with Gasteiger partial charge in [-0.1, -0.05) is 36.8 Å². The van der Waals surface area contributed by atoms with Crippen LogP contribution in [0.5, 0.6) is 0 Å². The van der Waals surface area contributed by atoms with Crippen molar-refractivity contribution in [3.63, 3.8) is 0 Å². The fourth-order valence-electron chi connectivity index (χ4n) is 3.86. The molecule has 2 unspecified atom stereocenters. The van der Waals surface area contributed by atoms with Gasteiger partial charge in [0.1, 0.15) is 0 Å². The minimum atomic E-state index is -3.20. The Kier molecular flexibility index (Phi) is 5.72. The molecule has 0 radical (unpaired) electrons. The Morgan fingerprint density at radius 1 is 1.04 bits per heavy atom. The molecule has 2 atom stereocenters. The molecule has 2 fully saturated rings. The Hall–Kier alpha value is -0.910. The Bertz CT molecular complexity index is 582. The van der Waals surface area contributed by atoms with Crippen molar-refractivity contribution in [1.29, 1.82) is 0 Å². The standard InChI is InChI=1S/C18H27NO3S/c20-23(21,14-16-9-11-22-12-10-16)19-18-8-4-7-17(18)13-15-5-2-1-3-6-15/h1-3,5-6,16-19H,4,7-14H2. The summed E-state index contributed by atoms with van der Waals surface area (Å²) in [5.41, 5.74) is 1.30. The van der Waals surface area contributed by atoms with E-state index in [0.717, 1.165) is 38.5 Å². The first kappa shape index (κ1) is 16.9. The number of ether oxygens (including phenoxy) is 1. The second-order valence-corrected chi connectivity index (χ2v) is 8.74. The van der Waals surface area contributed by atoms with E-state index >= 15 is 0 Å². The molecule has 0 spiro atoms. The monoisotopic (exact) mass is 337 g/mol. The van der Waals surface area contributed by atoms with E-state index in [4.69, 9.17) is 4.74 Å². The molecular formula is C18H27NO3S. The normalized spacial score (nSPS) is 26.4. The third-order valence-electron chi connectivity index (χ3n) is 5.13. The Morgan fingerprint density at radius 3 is 2.52 bits per heavy atom. The molecule has 1 saturated carbocycles. The van der Waals surface area contributed by atoms with Crippen molar-refractivity contribution in [2.45, 2.75) is 44.6 Å². The van der Waals surface area contributed by atoms with Crippen molar-refractivity contribution in [1.82, 2.24) is 4.72 Å². The predicted octanol–water partition coefficient (Wildman–Crippen LogP) is 2.74. The van der Waals surface area contributed by atoms with Crippen LogP contribution in [0.25, 0.3) is 0 Å². The van der Waals surface area contributed by atoms with Crippen LogP contribution in [0, 0.1) is 11.8 Å². The van der Waals surface area contributed by atoms with Crippen molar-refractivity contribution in [2.24, 2.45) is 11.8 Å². The highest BCUT2D eigenvalue weighted by Crippen LogP contribution is 2.29. The lowest BCUT2D eigenvalue weighted by molar-refractivity contribution is 0.0722. The minimum absolute atomic E-state index is 0.0973. The van der Waals surface area contributed by atoms with Gasteiger partial charge in [-0.2, -0.15) is 0 Å². The number of hydrogen-bond acceptors (Lipinski definition) is 3. The average Bonchev–Trinajstić information content (AvgIpc) is 2.95. The zero-order chi connectivity index (χ0) is 16.1. The molecule has 1 saturated heterocycles. The molecule has 128 valence electrons. The van der Waals surface area contributed by atoms with Crippen molar-refractivity contribution in [3.8, 4) is 0 Å². The SMILES string of the molecule is O=S(=O)(CC1CCOCC1)NC1CCCC1Cc1ccccc1. The molecule has 1 N–H and O–H groups in total. The lowest BCUT2D eigenvalue weighted by Gasteiger charge is -2.25. The van der Waals surface area contributed by atoms with Gasteiger partial charge >= 0.3 is 0 Å². The molecular weight excluding hydrogens is 310 g/mol. The van der Waals surface area contributed by atoms with Crippen LogP contribution in [0.2, 0.25) is 0 Å². The van der Waals surface area contributed by atoms with Crippen LogP contribution in [0.1, 0.15) is 37.7 Å². The van der Waals surface area contributed by atoms with Gasteiger partial charge in [-0.15, -0.1) is 0 Å². The lowest BCUT2D eigenvalue weighted by atomic mass is 9.95. The van der Waals surface area contributed by atoms with Gasteiger partial charge in [-0.3, -0.25) is 0 Å². The molecule has 4 nitrogen and oxygen atoms in total. The fourth-order valence-corrected chi connectivity index (χ4v) is 5.68. The van der Waals surface area contributed by atoms with E-state index in [1.54, 1.807) is 0 Å². The van der Waals surface area contributed by atoms with Gasteiger partial charge in [-0.25, -0.2) is 13.1 Å². The quantitative estimate of drug-likeness (QED) is 0.868. The van der Waals surface area contributed by atoms with E-state index in [9.17, 15) is 8.42 Å². The summed E-state index contributed by atoms with van der Waals surface area (Å²) in [6, 6.07) is 10.5. The van der Waals surface area contributed by atoms with Crippen LogP contribution in [-0.2, 0) is 21.2 Å². The fraction of sp³-hybridized carbons (Fsp3) is 0.667. The highest BCUT2D eigenvalue weighted by molar-refractivity contribution is 7.89. The second kappa shape index (κ2) is 7.77. The summed E-state index contributed by atoms with van der Waals surface area (Å²) in [4.78, 5) is 0. The van der Waals surface area contributed by atoms with Crippen LogP contribution in [0.3, 0.4) is 0 Å². The summed E-state index contributed by atoms with van der Waals surface area (Å²) in [6.45, 7) is 1.39. The van der Waals surface area contributed by atoms with E-state index in [1.807, 2.05) is 6.07 Å². The maximum absolute atomic E-state index is 12.5. The summed E-state index contributed by atoms with van der Waals surface area (Å²) >= 11 is 0. The van der Waals surface area contributed by atoms with Gasteiger partial charge in [0.2, 0.25) is 10.0 Å². The molecule has 3 rings (SSSR count). The van der Waals surface area contributed by atoms with Crippen molar-refractivity contribution >= 4 is 10.0 Å². The van der Waals surface area contributed by atoms with Gasteiger partial charge in [0.25, 0.3) is 0 Å². The minimum Gasteiger partial charge on any atom is -0.381 e. The number of benzene rings is 1. The number of sulfonamides is 1. The highest BCUT2D eigenvalue weighted by Gasteiger charge is 2.32. The van der Waals surface area contributed by atoms with Crippen LogP contribution in [-0.4, -0.2) is 33.4 Å². The van der Waals surface area contributed by atoms with E-state index in [0.29, 0.717) is 19.1 Å². The topological polar surface area (TPSA) is 55.4 Å². The second-order valence-electron chi connectivity index (χ2n) is 6.94. The first-order chi connectivity index (χ1) is 11.1. The van der Waals surface area contributed by atoms with Crippen molar-refractivity contribution in [2.75, 3.05) is 19.0 Å². The Morgan fingerprint density at radius 2 is 1.78 bits per heavy atom. The lowest BCUT2D eigenvalue weighted by Crippen LogP contribution is -2.41. The molecule has 5 heteroatoms. The number of hydrogen-bond donors (Lipinski definition) is 1. The van der Waals surface area contributed by atoms with Gasteiger partial charge < -0.3 is 4.74 Å². The molecule has 1 aliphatic heterocycles. The van der Waals surface area contributed by atoms with E-state index in [2.05, 4.69) is 29.0 Å². The smallest absolute Gasteiger partial charge is 0.212 e. The highest BCUT2D eigenvalue weighted by atomic mass is 32.2. The molecule has 0 aromatic heterocycles. The number of nitrogens with one attached hydrogen (secondary N) is 1. The summed E-state index contributed by atoms with van der Waals surface area (Å²) in [5, 5.41) is 0. The van der Waals surface area contributed by atoms with Crippen LogP contribution >= 0.6 is 0 Å². The molecule has 1 aliphatic carbocycles. The Balaban J connectivity index is 1.56. The maximum Gasteiger partial charge on any atom is 0.212 e. The zero-order valence-corrected chi connectivity index (χ0v) is 14.4. The molecule has 1 aromatic carbocycles. The third-order valence-corrected chi connectivity index (χ3v) is 6.70. The van der Waals surface area contributed by atoms with E-state index in [-0.39, 0.29) is 17.7 Å². The van der Waals surface area contributed by atoms with Crippen LogP contribution in [0.15, 0.2) is 30.3 Å². The van der Waals surface area contributed by atoms with Crippen molar-refractivity contribution < 1.29 is 13.2 Å². The third kappa shape index (κ3) is 5.03. The maximum atomic E-state index is 12.5. The van der Waals surface area contributed by atoms with E-state index in [1.165, 1.54) is 5.56 Å². The molecule has 23 heavy (non-hydrogen) atoms. The van der Waals surface area contributed by atoms with Gasteiger partial charge in [-0.05, 0) is 49.5 Å². The molecule has 0 amide bonds. The average molecular weight is 337 g/mol. The van der Waals surface area contributed by atoms with Gasteiger partial charge in [0, 0.05) is 19.3 Å². The number of rotatable bonds is 6. The van der Waals surface area contributed by atoms with E-state index < -0.39 is 10.0 Å². The summed E-state index contributed by atoms with van der Waals surface area (Å²) in [7, 11) is -3.20. The first-order valence-corrected chi connectivity index (χ1v) is 10.4. The molecule has 0 bridgehead atoms. The van der Waals surface area contributed by atoms with Gasteiger partial charge in [0.05, 0.1) is 5.75 Å². The summed E-state index contributed by atoms with van der Waals surface area (Å²) in [6.07, 6.45) is 5.87. The first-order valence-electron chi connectivity index (χ1n) is 8.74.